The molecular weight excluding hydrogens is 486 g/mol. The Morgan fingerprint density at radius 2 is 1.95 bits per heavy atom. The average Bonchev–Trinajstić information content (AvgIpc) is 3.52. The largest absolute Gasteiger partial charge is 0.493 e. The molecule has 2 amide bonds. The molecule has 0 spiro atoms. The fraction of sp³-hybridized carbons (Fsp3) is 0.333. The number of nitrogens with one attached hydrogen (secondary N) is 1. The molecule has 4 aromatic rings. The number of likely N-dealkylation sites (tertiary alicyclic amines) is 1. The Morgan fingerprint density at radius 3 is 2.66 bits per heavy atom. The topological polar surface area (TPSA) is 130 Å². The molecule has 11 nitrogen and oxygen atoms in total. The van der Waals surface area contributed by atoms with Crippen LogP contribution in [0.15, 0.2) is 48.9 Å². The molecule has 0 saturated carbocycles. The van der Waals surface area contributed by atoms with Crippen LogP contribution in [0.3, 0.4) is 0 Å². The molecule has 1 aromatic carbocycles. The standard InChI is InChI=1S/C27H31N7O4/c1-4-32-9-6-20(7-10-32)33-16-19(15-30-33)26(35)31-25-13-21(5-8-29-25)38-24-12-18-11-17(2)34(27(28)36)22(18)14-23(24)37-3/h5,8,11-16,20H,4,6-7,9-10H2,1-3H3,(H2,28,36)(H,29,31,35). The van der Waals surface area contributed by atoms with Gasteiger partial charge in [0.05, 0.1) is 30.4 Å². The van der Waals surface area contributed by atoms with Crippen LogP contribution in [0, 0.1) is 6.92 Å². The molecule has 198 valence electrons. The van der Waals surface area contributed by atoms with Crippen molar-refractivity contribution < 1.29 is 19.1 Å². The third-order valence-corrected chi connectivity index (χ3v) is 6.93. The fourth-order valence-corrected chi connectivity index (χ4v) is 4.90. The van der Waals surface area contributed by atoms with Gasteiger partial charge in [-0.25, -0.2) is 9.78 Å². The SMILES string of the molecule is CCN1CCC(n2cc(C(=O)Nc3cc(Oc4cc5cc(C)n(C(N)=O)c5cc4OC)ccn3)cn2)CC1. The molecule has 1 fully saturated rings. The number of aryl methyl sites for hydroxylation is 1. The maximum absolute atomic E-state index is 12.9. The Labute approximate surface area is 220 Å². The van der Waals surface area contributed by atoms with Gasteiger partial charge in [-0.1, -0.05) is 6.92 Å². The van der Waals surface area contributed by atoms with Crippen LogP contribution in [0.25, 0.3) is 10.9 Å². The Morgan fingerprint density at radius 1 is 1.16 bits per heavy atom. The Kier molecular flexibility index (Phi) is 7.01. The second kappa shape index (κ2) is 10.5. The van der Waals surface area contributed by atoms with Gasteiger partial charge in [-0.15, -0.1) is 0 Å². The lowest BCUT2D eigenvalue weighted by Crippen LogP contribution is -2.34. The number of ether oxygens (including phenoxy) is 2. The molecular formula is C27H31N7O4. The summed E-state index contributed by atoms with van der Waals surface area (Å²) in [5.74, 6) is 1.37. The first-order valence-corrected chi connectivity index (χ1v) is 12.6. The molecule has 1 saturated heterocycles. The number of nitrogens with two attached hydrogens (primary N) is 1. The van der Waals surface area contributed by atoms with E-state index in [1.165, 1.54) is 11.7 Å². The number of anilines is 1. The van der Waals surface area contributed by atoms with Gasteiger partial charge in [-0.3, -0.25) is 14.0 Å². The third kappa shape index (κ3) is 5.05. The normalized spacial score (nSPS) is 14.5. The highest BCUT2D eigenvalue weighted by atomic mass is 16.5. The smallest absolute Gasteiger partial charge is 0.323 e. The van der Waals surface area contributed by atoms with Gasteiger partial charge in [0.2, 0.25) is 0 Å². The van der Waals surface area contributed by atoms with Crippen LogP contribution in [-0.2, 0) is 0 Å². The molecule has 1 aliphatic heterocycles. The average molecular weight is 518 g/mol. The number of nitrogens with zero attached hydrogens (tertiary/aromatic N) is 5. The maximum Gasteiger partial charge on any atom is 0.323 e. The number of pyridine rings is 1. The van der Waals surface area contributed by atoms with Gasteiger partial charge in [-0.05, 0) is 44.5 Å². The molecule has 5 rings (SSSR count). The molecule has 3 aromatic heterocycles. The summed E-state index contributed by atoms with van der Waals surface area (Å²) in [5.41, 5.74) is 7.33. The van der Waals surface area contributed by atoms with Crippen molar-refractivity contribution in [1.29, 1.82) is 0 Å². The van der Waals surface area contributed by atoms with E-state index in [0.29, 0.717) is 45.9 Å². The molecule has 0 aliphatic carbocycles. The highest BCUT2D eigenvalue weighted by Crippen LogP contribution is 2.37. The van der Waals surface area contributed by atoms with Crippen molar-refractivity contribution in [2.75, 3.05) is 32.1 Å². The monoisotopic (exact) mass is 517 g/mol. The van der Waals surface area contributed by atoms with Gasteiger partial charge in [-0.2, -0.15) is 5.10 Å². The lowest BCUT2D eigenvalue weighted by Gasteiger charge is -2.31. The fourth-order valence-electron chi connectivity index (χ4n) is 4.90. The first kappa shape index (κ1) is 25.3. The minimum atomic E-state index is -0.574. The number of amides is 2. The number of hydrogen-bond donors (Lipinski definition) is 2. The zero-order valence-electron chi connectivity index (χ0n) is 21.7. The molecule has 38 heavy (non-hydrogen) atoms. The highest BCUT2D eigenvalue weighted by Gasteiger charge is 2.21. The summed E-state index contributed by atoms with van der Waals surface area (Å²) < 4.78 is 14.9. The van der Waals surface area contributed by atoms with Crippen LogP contribution in [0.2, 0.25) is 0 Å². The number of methoxy groups -OCH3 is 1. The highest BCUT2D eigenvalue weighted by molar-refractivity contribution is 6.03. The van der Waals surface area contributed by atoms with Crippen molar-refractivity contribution in [3.05, 3.63) is 60.2 Å². The number of piperidine rings is 1. The van der Waals surface area contributed by atoms with Crippen LogP contribution in [0.4, 0.5) is 10.6 Å². The Bertz CT molecular complexity index is 1480. The van der Waals surface area contributed by atoms with E-state index < -0.39 is 6.03 Å². The summed E-state index contributed by atoms with van der Waals surface area (Å²) in [6.07, 6.45) is 6.96. The van der Waals surface area contributed by atoms with Crippen LogP contribution in [0.5, 0.6) is 17.2 Å². The van der Waals surface area contributed by atoms with E-state index in [0.717, 1.165) is 37.9 Å². The molecule has 3 N–H and O–H groups in total. The first-order chi connectivity index (χ1) is 18.4. The number of primary amides is 1. The van der Waals surface area contributed by atoms with Crippen molar-refractivity contribution in [2.24, 2.45) is 5.73 Å². The van der Waals surface area contributed by atoms with Gasteiger partial charge in [0.15, 0.2) is 11.5 Å². The minimum absolute atomic E-state index is 0.296. The summed E-state index contributed by atoms with van der Waals surface area (Å²) in [7, 11) is 1.52. The molecule has 0 bridgehead atoms. The number of aromatic nitrogens is 4. The first-order valence-electron chi connectivity index (χ1n) is 12.6. The lowest BCUT2D eigenvalue weighted by atomic mass is 10.1. The second-order valence-corrected chi connectivity index (χ2v) is 9.33. The van der Waals surface area contributed by atoms with Crippen molar-refractivity contribution in [1.82, 2.24) is 24.2 Å². The van der Waals surface area contributed by atoms with Crippen LogP contribution in [0.1, 0.15) is 41.9 Å². The van der Waals surface area contributed by atoms with Gasteiger partial charge in [0, 0.05) is 48.7 Å². The number of carbonyl (C=O) groups is 2. The van der Waals surface area contributed by atoms with Gasteiger partial charge < -0.3 is 25.4 Å². The van der Waals surface area contributed by atoms with E-state index in [4.69, 9.17) is 15.2 Å². The summed E-state index contributed by atoms with van der Waals surface area (Å²) in [4.78, 5) is 31.4. The molecule has 0 atom stereocenters. The summed E-state index contributed by atoms with van der Waals surface area (Å²) in [5, 5.41) is 8.03. The predicted octanol–water partition coefficient (Wildman–Crippen LogP) is 4.18. The van der Waals surface area contributed by atoms with E-state index in [1.54, 1.807) is 49.8 Å². The zero-order valence-corrected chi connectivity index (χ0v) is 21.7. The second-order valence-electron chi connectivity index (χ2n) is 9.33. The van der Waals surface area contributed by atoms with Crippen LogP contribution in [-0.4, -0.2) is 62.9 Å². The molecule has 4 heterocycles. The van der Waals surface area contributed by atoms with Crippen LogP contribution >= 0.6 is 0 Å². The quantitative estimate of drug-likeness (QED) is 0.376. The third-order valence-electron chi connectivity index (χ3n) is 6.93. The summed E-state index contributed by atoms with van der Waals surface area (Å²) >= 11 is 0. The Balaban J connectivity index is 1.30. The van der Waals surface area contributed by atoms with Gasteiger partial charge >= 0.3 is 6.03 Å². The van der Waals surface area contributed by atoms with Crippen molar-refractivity contribution in [3.63, 3.8) is 0 Å². The van der Waals surface area contributed by atoms with Gasteiger partial charge in [0.1, 0.15) is 11.6 Å². The van der Waals surface area contributed by atoms with E-state index in [9.17, 15) is 9.59 Å². The van der Waals surface area contributed by atoms with Crippen LogP contribution < -0.4 is 20.5 Å². The van der Waals surface area contributed by atoms with E-state index >= 15 is 0 Å². The predicted molar refractivity (Wildman–Crippen MR) is 143 cm³/mol. The van der Waals surface area contributed by atoms with Crippen molar-refractivity contribution in [2.45, 2.75) is 32.7 Å². The van der Waals surface area contributed by atoms with Crippen molar-refractivity contribution in [3.8, 4) is 17.2 Å². The minimum Gasteiger partial charge on any atom is -0.493 e. The number of rotatable bonds is 7. The molecule has 1 aliphatic rings. The zero-order chi connectivity index (χ0) is 26.8. The summed E-state index contributed by atoms with van der Waals surface area (Å²) in [6.45, 7) is 7.10. The summed E-state index contributed by atoms with van der Waals surface area (Å²) in [6, 6.07) is 8.36. The number of fused-ring (bicyclic) bond motifs is 1. The number of carbonyl (C=O) groups excluding carboxylic acids is 2. The molecule has 11 heteroatoms. The molecule has 0 radical (unpaired) electrons. The number of benzene rings is 1. The maximum atomic E-state index is 12.9. The lowest BCUT2D eigenvalue weighted by molar-refractivity contribution is 0.102. The van der Waals surface area contributed by atoms with Crippen molar-refractivity contribution >= 4 is 28.7 Å². The Hall–Kier alpha value is -4.38. The van der Waals surface area contributed by atoms with E-state index in [1.807, 2.05) is 10.7 Å². The molecule has 0 unspecified atom stereocenters. The number of hydrogen-bond acceptors (Lipinski definition) is 7. The van der Waals surface area contributed by atoms with E-state index in [2.05, 4.69) is 27.2 Å². The van der Waals surface area contributed by atoms with E-state index in [-0.39, 0.29) is 5.91 Å². The van der Waals surface area contributed by atoms with Gasteiger partial charge in [0.25, 0.3) is 5.91 Å².